The fraction of sp³-hybridized carbons (Fsp3) is 0.455. The number of benzene rings is 1. The van der Waals surface area contributed by atoms with Gasteiger partial charge in [-0.3, -0.25) is 0 Å². The third kappa shape index (κ3) is 2.91. The van der Waals surface area contributed by atoms with Gasteiger partial charge in [0.05, 0.1) is 0 Å². The van der Waals surface area contributed by atoms with Crippen molar-refractivity contribution < 1.29 is 0 Å². The molecule has 1 aliphatic heterocycles. The van der Waals surface area contributed by atoms with Crippen molar-refractivity contribution in [1.29, 1.82) is 0 Å². The van der Waals surface area contributed by atoms with Crippen LogP contribution in [0.5, 0.6) is 0 Å². The molecule has 1 aliphatic rings. The average molecular weight is 228 g/mol. The molecule has 0 aliphatic carbocycles. The van der Waals surface area contributed by atoms with E-state index >= 15 is 0 Å². The number of aryl methyl sites for hydroxylation is 1. The van der Waals surface area contributed by atoms with Gasteiger partial charge in [0.1, 0.15) is 0 Å². The first-order valence-electron chi connectivity index (χ1n) is 4.91. The van der Waals surface area contributed by atoms with Crippen LogP contribution >= 0.6 is 23.4 Å². The summed E-state index contributed by atoms with van der Waals surface area (Å²) >= 11 is 7.88. The molecule has 1 heterocycles. The van der Waals surface area contributed by atoms with E-state index in [4.69, 9.17) is 11.6 Å². The largest absolute Gasteiger partial charge is 0.314 e. The number of hydrogen-bond donors (Lipinski definition) is 1. The maximum atomic E-state index is 5.81. The maximum Gasteiger partial charge on any atom is 0.0406 e. The molecule has 1 aromatic carbocycles. The van der Waals surface area contributed by atoms with Gasteiger partial charge >= 0.3 is 0 Å². The zero-order chi connectivity index (χ0) is 9.80. The molecule has 0 atom stereocenters. The van der Waals surface area contributed by atoms with E-state index in [-0.39, 0.29) is 0 Å². The van der Waals surface area contributed by atoms with E-state index in [0.29, 0.717) is 0 Å². The molecular weight excluding hydrogens is 214 g/mol. The summed E-state index contributed by atoms with van der Waals surface area (Å²) in [6.45, 7) is 2.37. The van der Waals surface area contributed by atoms with Gasteiger partial charge in [-0.25, -0.2) is 0 Å². The molecular formula is C11H14ClNS. The molecule has 3 heteroatoms. The highest BCUT2D eigenvalue weighted by Gasteiger charge is 2.15. The molecule has 1 nitrogen and oxygen atoms in total. The maximum absolute atomic E-state index is 5.81. The van der Waals surface area contributed by atoms with Crippen molar-refractivity contribution in [2.75, 3.05) is 18.8 Å². The molecule has 14 heavy (non-hydrogen) atoms. The van der Waals surface area contributed by atoms with Crippen molar-refractivity contribution in [3.63, 3.8) is 0 Å². The zero-order valence-electron chi connectivity index (χ0n) is 8.00. The van der Waals surface area contributed by atoms with Crippen LogP contribution in [-0.2, 0) is 6.42 Å². The Kier molecular flexibility index (Phi) is 3.74. The van der Waals surface area contributed by atoms with Crippen molar-refractivity contribution in [2.24, 2.45) is 0 Å². The lowest BCUT2D eigenvalue weighted by molar-refractivity contribution is 0.543. The van der Waals surface area contributed by atoms with Crippen LogP contribution < -0.4 is 5.32 Å². The molecule has 0 saturated carbocycles. The highest BCUT2D eigenvalue weighted by Crippen LogP contribution is 2.17. The highest BCUT2D eigenvalue weighted by atomic mass is 35.5. The van der Waals surface area contributed by atoms with Crippen LogP contribution in [0.4, 0.5) is 0 Å². The Morgan fingerprint density at radius 3 is 2.57 bits per heavy atom. The summed E-state index contributed by atoms with van der Waals surface area (Å²) < 4.78 is 0. The van der Waals surface area contributed by atoms with Crippen molar-refractivity contribution in [2.45, 2.75) is 11.7 Å². The smallest absolute Gasteiger partial charge is 0.0406 e. The Bertz CT molecular complexity index is 282. The van der Waals surface area contributed by atoms with E-state index in [2.05, 4.69) is 29.2 Å². The fourth-order valence-corrected chi connectivity index (χ4v) is 2.66. The summed E-state index contributed by atoms with van der Waals surface area (Å²) in [5, 5.41) is 4.95. The quantitative estimate of drug-likeness (QED) is 0.849. The van der Waals surface area contributed by atoms with Crippen LogP contribution in [0.3, 0.4) is 0 Å². The number of halogens is 1. The predicted octanol–water partition coefficient (Wildman–Crippen LogP) is 2.59. The Hall–Kier alpha value is -0.180. The molecule has 1 aromatic rings. The van der Waals surface area contributed by atoms with Gasteiger partial charge in [0.15, 0.2) is 0 Å². The van der Waals surface area contributed by atoms with Gasteiger partial charge in [-0.15, -0.1) is 0 Å². The van der Waals surface area contributed by atoms with E-state index in [1.165, 1.54) is 24.4 Å². The van der Waals surface area contributed by atoms with Crippen LogP contribution in [0.2, 0.25) is 5.02 Å². The second kappa shape index (κ2) is 5.06. The molecule has 76 valence electrons. The summed E-state index contributed by atoms with van der Waals surface area (Å²) in [5.74, 6) is 1.22. The predicted molar refractivity (Wildman–Crippen MR) is 64.3 cm³/mol. The minimum Gasteiger partial charge on any atom is -0.314 e. The zero-order valence-corrected chi connectivity index (χ0v) is 9.57. The van der Waals surface area contributed by atoms with E-state index in [9.17, 15) is 0 Å². The molecule has 1 N–H and O–H groups in total. The first-order chi connectivity index (χ1) is 6.84. The molecule has 0 amide bonds. The standard InChI is InChI=1S/C11H14ClNS/c12-10-3-1-9(2-4-10)5-6-14-11-7-13-8-11/h1-4,11,13H,5-8H2. The van der Waals surface area contributed by atoms with E-state index < -0.39 is 0 Å². The number of thioether (sulfide) groups is 1. The third-order valence-corrected chi connectivity index (χ3v) is 3.90. The minimum atomic E-state index is 0.824. The van der Waals surface area contributed by atoms with Gasteiger partial charge in [-0.2, -0.15) is 11.8 Å². The Balaban J connectivity index is 1.71. The SMILES string of the molecule is Clc1ccc(CCSC2CNC2)cc1. The van der Waals surface area contributed by atoms with E-state index in [1.54, 1.807) is 0 Å². The van der Waals surface area contributed by atoms with Crippen LogP contribution in [0.1, 0.15) is 5.56 Å². The van der Waals surface area contributed by atoms with Crippen LogP contribution in [0.15, 0.2) is 24.3 Å². The molecule has 0 unspecified atom stereocenters. The Morgan fingerprint density at radius 2 is 2.00 bits per heavy atom. The number of rotatable bonds is 4. The second-order valence-electron chi connectivity index (χ2n) is 3.53. The van der Waals surface area contributed by atoms with Crippen molar-refractivity contribution in [1.82, 2.24) is 5.32 Å². The van der Waals surface area contributed by atoms with Crippen LogP contribution in [0.25, 0.3) is 0 Å². The minimum absolute atomic E-state index is 0.824. The first-order valence-corrected chi connectivity index (χ1v) is 6.34. The second-order valence-corrected chi connectivity index (χ2v) is 5.37. The summed E-state index contributed by atoms with van der Waals surface area (Å²) in [7, 11) is 0. The third-order valence-electron chi connectivity index (χ3n) is 2.40. The van der Waals surface area contributed by atoms with Crippen molar-refractivity contribution in [3.05, 3.63) is 34.9 Å². The molecule has 1 fully saturated rings. The topological polar surface area (TPSA) is 12.0 Å². The van der Waals surface area contributed by atoms with Crippen LogP contribution in [0, 0.1) is 0 Å². The monoisotopic (exact) mass is 227 g/mol. The Morgan fingerprint density at radius 1 is 1.29 bits per heavy atom. The van der Waals surface area contributed by atoms with Gasteiger partial charge in [-0.05, 0) is 29.9 Å². The first kappa shape index (κ1) is 10.3. The van der Waals surface area contributed by atoms with Gasteiger partial charge < -0.3 is 5.32 Å². The Labute approximate surface area is 94.2 Å². The normalized spacial score (nSPS) is 16.6. The molecule has 0 bridgehead atoms. The summed E-state index contributed by atoms with van der Waals surface area (Å²) in [5.41, 5.74) is 1.38. The molecule has 2 rings (SSSR count). The van der Waals surface area contributed by atoms with Crippen molar-refractivity contribution >= 4 is 23.4 Å². The van der Waals surface area contributed by atoms with Gasteiger partial charge in [0, 0.05) is 23.4 Å². The molecule has 1 saturated heterocycles. The lowest BCUT2D eigenvalue weighted by Gasteiger charge is -2.26. The molecule has 0 spiro atoms. The van der Waals surface area contributed by atoms with E-state index in [1.807, 2.05) is 12.1 Å². The lowest BCUT2D eigenvalue weighted by Crippen LogP contribution is -2.44. The van der Waals surface area contributed by atoms with Crippen LogP contribution in [-0.4, -0.2) is 24.1 Å². The summed E-state index contributed by atoms with van der Waals surface area (Å²) in [4.78, 5) is 0. The van der Waals surface area contributed by atoms with Gasteiger partial charge in [0.2, 0.25) is 0 Å². The fourth-order valence-electron chi connectivity index (χ4n) is 1.37. The highest BCUT2D eigenvalue weighted by molar-refractivity contribution is 8.00. The average Bonchev–Trinajstić information content (AvgIpc) is 2.12. The number of hydrogen-bond acceptors (Lipinski definition) is 2. The molecule has 0 radical (unpaired) electrons. The number of nitrogens with one attached hydrogen (secondary N) is 1. The van der Waals surface area contributed by atoms with Gasteiger partial charge in [-0.1, -0.05) is 23.7 Å². The summed E-state index contributed by atoms with van der Waals surface area (Å²) in [6.07, 6.45) is 1.15. The van der Waals surface area contributed by atoms with Gasteiger partial charge in [0.25, 0.3) is 0 Å². The van der Waals surface area contributed by atoms with E-state index in [0.717, 1.165) is 16.7 Å². The van der Waals surface area contributed by atoms with Crippen molar-refractivity contribution in [3.8, 4) is 0 Å². The molecule has 0 aromatic heterocycles. The lowest BCUT2D eigenvalue weighted by atomic mass is 10.2. The summed E-state index contributed by atoms with van der Waals surface area (Å²) in [6, 6.07) is 8.16.